The molecule has 0 unspecified atom stereocenters. The third-order valence-electron chi connectivity index (χ3n) is 6.88. The van der Waals surface area contributed by atoms with Crippen LogP contribution in [0, 0.1) is 0 Å². The Kier molecular flexibility index (Phi) is 6.76. The summed E-state index contributed by atoms with van der Waals surface area (Å²) in [6.07, 6.45) is 4.10. The molecule has 2 aromatic carbocycles. The molecule has 1 fully saturated rings. The Morgan fingerprint density at radius 1 is 0.889 bits per heavy atom. The molecule has 0 amide bonds. The van der Waals surface area contributed by atoms with Crippen LogP contribution in [-0.2, 0) is 18.0 Å². The number of rotatable bonds is 7. The Balaban J connectivity index is 1.23. The summed E-state index contributed by atoms with van der Waals surface area (Å²) in [5.41, 5.74) is 1.48. The van der Waals surface area contributed by atoms with Gasteiger partial charge in [-0.1, -0.05) is 54.8 Å². The maximum Gasteiger partial charge on any atom is 0.417 e. The first-order chi connectivity index (χ1) is 17.4. The predicted octanol–water partition coefficient (Wildman–Crippen LogP) is 7.78. The lowest BCUT2D eigenvalue weighted by molar-refractivity contribution is -0.137. The number of hydrogen-bond acceptors (Lipinski definition) is 5. The van der Waals surface area contributed by atoms with Gasteiger partial charge in [-0.25, -0.2) is 4.98 Å². The summed E-state index contributed by atoms with van der Waals surface area (Å²) in [5, 5.41) is 4.15. The minimum absolute atomic E-state index is 0.0765. The molecule has 0 bridgehead atoms. The van der Waals surface area contributed by atoms with E-state index in [0.29, 0.717) is 23.9 Å². The second kappa shape index (κ2) is 10.1. The number of benzene rings is 2. The minimum Gasteiger partial charge on any atom is -0.439 e. The molecule has 0 radical (unpaired) electrons. The Morgan fingerprint density at radius 2 is 1.64 bits per heavy atom. The third-order valence-corrected chi connectivity index (χ3v) is 6.88. The summed E-state index contributed by atoms with van der Waals surface area (Å²) in [5.74, 6) is 1.62. The van der Waals surface area contributed by atoms with Crippen LogP contribution in [0.2, 0.25) is 0 Å². The third kappa shape index (κ3) is 5.42. The van der Waals surface area contributed by atoms with E-state index in [1.54, 1.807) is 24.3 Å². The maximum atomic E-state index is 12.7. The second-order valence-corrected chi connectivity index (χ2v) is 9.23. The Bertz CT molecular complexity index is 1260. The summed E-state index contributed by atoms with van der Waals surface area (Å²) in [6, 6.07) is 19.8. The molecule has 0 spiro atoms. The van der Waals surface area contributed by atoms with E-state index in [0.717, 1.165) is 24.2 Å². The molecule has 0 aliphatic heterocycles. The smallest absolute Gasteiger partial charge is 0.417 e. The van der Waals surface area contributed by atoms with E-state index in [2.05, 4.69) is 45.5 Å². The molecule has 1 aliphatic rings. The van der Waals surface area contributed by atoms with Gasteiger partial charge in [0.2, 0.25) is 17.6 Å². The van der Waals surface area contributed by atoms with Crippen LogP contribution in [0.3, 0.4) is 0 Å². The fourth-order valence-corrected chi connectivity index (χ4v) is 4.92. The first-order valence-electron chi connectivity index (χ1n) is 12.1. The Morgan fingerprint density at radius 3 is 2.31 bits per heavy atom. The standard InChI is InChI=1S/C28H26F3N3O2/c29-28(30,31)22-11-14-24(32-19-22)35-23-12-9-20(10-13-23)26-33-25(36-34-26)15-18-27(16-5-2-6-17-27)21-7-3-1-4-8-21/h1,3-4,7-14,19H,2,5-6,15-18H2. The monoisotopic (exact) mass is 493 g/mol. The molecular weight excluding hydrogens is 467 g/mol. The van der Waals surface area contributed by atoms with Crippen LogP contribution in [0.5, 0.6) is 11.6 Å². The zero-order valence-corrected chi connectivity index (χ0v) is 19.7. The first kappa shape index (κ1) is 24.0. The van der Waals surface area contributed by atoms with Crippen LogP contribution in [0.15, 0.2) is 77.4 Å². The van der Waals surface area contributed by atoms with Crippen molar-refractivity contribution in [2.24, 2.45) is 0 Å². The number of aryl methyl sites for hydroxylation is 1. The summed E-state index contributed by atoms with van der Waals surface area (Å²) < 4.78 is 49.2. The molecule has 4 aromatic rings. The lowest BCUT2D eigenvalue weighted by Crippen LogP contribution is -2.29. The van der Waals surface area contributed by atoms with Crippen LogP contribution >= 0.6 is 0 Å². The van der Waals surface area contributed by atoms with Crippen LogP contribution in [0.25, 0.3) is 11.4 Å². The van der Waals surface area contributed by atoms with Crippen LogP contribution in [-0.4, -0.2) is 15.1 Å². The van der Waals surface area contributed by atoms with Gasteiger partial charge >= 0.3 is 6.18 Å². The van der Waals surface area contributed by atoms with E-state index >= 15 is 0 Å². The molecule has 0 N–H and O–H groups in total. The lowest BCUT2D eigenvalue weighted by Gasteiger charge is -2.38. The summed E-state index contributed by atoms with van der Waals surface area (Å²) in [7, 11) is 0. The van der Waals surface area contributed by atoms with Gasteiger partial charge in [0.05, 0.1) is 5.56 Å². The summed E-state index contributed by atoms with van der Waals surface area (Å²) >= 11 is 0. The lowest BCUT2D eigenvalue weighted by atomic mass is 9.67. The number of hydrogen-bond donors (Lipinski definition) is 0. The number of aromatic nitrogens is 3. The normalized spacial score (nSPS) is 15.5. The van der Waals surface area contributed by atoms with Gasteiger partial charge in [-0.2, -0.15) is 18.2 Å². The summed E-state index contributed by atoms with van der Waals surface area (Å²) in [6.45, 7) is 0. The van der Waals surface area contributed by atoms with Gasteiger partial charge in [0.25, 0.3) is 0 Å². The van der Waals surface area contributed by atoms with E-state index in [1.807, 2.05) is 0 Å². The van der Waals surface area contributed by atoms with Crippen molar-refractivity contribution in [2.75, 3.05) is 0 Å². The van der Waals surface area contributed by atoms with Gasteiger partial charge in [-0.3, -0.25) is 0 Å². The van der Waals surface area contributed by atoms with Gasteiger partial charge in [0, 0.05) is 24.2 Å². The summed E-state index contributed by atoms with van der Waals surface area (Å²) in [4.78, 5) is 8.33. The topological polar surface area (TPSA) is 61.0 Å². The zero-order chi connectivity index (χ0) is 25.0. The van der Waals surface area contributed by atoms with Crippen molar-refractivity contribution in [3.63, 3.8) is 0 Å². The van der Waals surface area contributed by atoms with E-state index in [9.17, 15) is 13.2 Å². The highest BCUT2D eigenvalue weighted by Gasteiger charge is 2.34. The zero-order valence-electron chi connectivity index (χ0n) is 19.7. The molecule has 186 valence electrons. The van der Waals surface area contributed by atoms with E-state index in [1.165, 1.54) is 43.7 Å². The van der Waals surface area contributed by atoms with Gasteiger partial charge < -0.3 is 9.26 Å². The van der Waals surface area contributed by atoms with Crippen molar-refractivity contribution < 1.29 is 22.4 Å². The highest BCUT2D eigenvalue weighted by Crippen LogP contribution is 2.43. The van der Waals surface area contributed by atoms with E-state index < -0.39 is 11.7 Å². The van der Waals surface area contributed by atoms with Crippen molar-refractivity contribution in [1.82, 2.24) is 15.1 Å². The number of alkyl halides is 3. The molecule has 36 heavy (non-hydrogen) atoms. The maximum absolute atomic E-state index is 12.7. The number of ether oxygens (including phenoxy) is 1. The van der Waals surface area contributed by atoms with E-state index in [4.69, 9.17) is 9.26 Å². The molecule has 8 heteroatoms. The average molecular weight is 494 g/mol. The van der Waals surface area contributed by atoms with Gasteiger partial charge in [0.15, 0.2) is 0 Å². The molecule has 0 saturated heterocycles. The molecule has 5 rings (SSSR count). The van der Waals surface area contributed by atoms with Crippen molar-refractivity contribution in [3.05, 3.63) is 89.9 Å². The van der Waals surface area contributed by atoms with Crippen LogP contribution in [0.4, 0.5) is 13.2 Å². The predicted molar refractivity (Wildman–Crippen MR) is 129 cm³/mol. The van der Waals surface area contributed by atoms with Crippen molar-refractivity contribution >= 4 is 0 Å². The Labute approximate surface area is 207 Å². The Hall–Kier alpha value is -3.68. The SMILES string of the molecule is FC(F)(F)c1ccc(Oc2ccc(-c3noc(CCC4(c5ccccc5)CCCCC4)n3)cc2)nc1. The number of pyridine rings is 1. The first-order valence-corrected chi connectivity index (χ1v) is 12.1. The van der Waals surface area contributed by atoms with Crippen LogP contribution < -0.4 is 4.74 Å². The number of halogens is 3. The van der Waals surface area contributed by atoms with E-state index in [-0.39, 0.29) is 11.3 Å². The van der Waals surface area contributed by atoms with Gasteiger partial charge in [-0.05, 0) is 60.6 Å². The van der Waals surface area contributed by atoms with Crippen molar-refractivity contribution in [1.29, 1.82) is 0 Å². The average Bonchev–Trinajstić information content (AvgIpc) is 3.38. The van der Waals surface area contributed by atoms with Gasteiger partial charge in [-0.15, -0.1) is 0 Å². The molecule has 1 saturated carbocycles. The molecular formula is C28H26F3N3O2. The van der Waals surface area contributed by atoms with Crippen LogP contribution in [0.1, 0.15) is 55.5 Å². The highest BCUT2D eigenvalue weighted by atomic mass is 19.4. The molecule has 2 heterocycles. The molecule has 1 aliphatic carbocycles. The molecule has 0 atom stereocenters. The highest BCUT2D eigenvalue weighted by molar-refractivity contribution is 5.55. The number of nitrogens with zero attached hydrogens (tertiary/aromatic N) is 3. The van der Waals surface area contributed by atoms with Gasteiger partial charge in [0.1, 0.15) is 5.75 Å². The molecule has 5 nitrogen and oxygen atoms in total. The molecule has 2 aromatic heterocycles. The van der Waals surface area contributed by atoms with Crippen molar-refractivity contribution in [2.45, 2.75) is 56.5 Å². The largest absolute Gasteiger partial charge is 0.439 e. The fraction of sp³-hybridized carbons (Fsp3) is 0.321. The van der Waals surface area contributed by atoms with Crippen molar-refractivity contribution in [3.8, 4) is 23.0 Å². The fourth-order valence-electron chi connectivity index (χ4n) is 4.92. The second-order valence-electron chi connectivity index (χ2n) is 9.23. The quantitative estimate of drug-likeness (QED) is 0.263. The minimum atomic E-state index is -4.44.